The summed E-state index contributed by atoms with van der Waals surface area (Å²) in [5, 5.41) is 33.1. The lowest BCUT2D eigenvalue weighted by molar-refractivity contribution is -0.133. The highest BCUT2D eigenvalue weighted by molar-refractivity contribution is 8.03. The monoisotopic (exact) mass is 1300 g/mol. The molecule has 2 radical (unpaired) electrons. The normalized spacial score (nSPS) is 19.9. The molecule has 5 aliphatic heterocycles. The number of rotatable bonds is 30. The second kappa shape index (κ2) is 31.7. The molecule has 9 amide bonds. The summed E-state index contributed by atoms with van der Waals surface area (Å²) in [5.74, 6) is -1.29. The maximum atomic E-state index is 14.3. The van der Waals surface area contributed by atoms with Gasteiger partial charge in [-0.15, -0.1) is 0 Å². The van der Waals surface area contributed by atoms with Gasteiger partial charge in [0.25, 0.3) is 11.8 Å². The predicted octanol–water partition coefficient (Wildman–Crippen LogP) is 6.19. The van der Waals surface area contributed by atoms with Gasteiger partial charge in [0.15, 0.2) is 29.2 Å². The summed E-state index contributed by atoms with van der Waals surface area (Å²) in [7, 11) is 2.95. The lowest BCUT2D eigenvalue weighted by atomic mass is 10.0. The van der Waals surface area contributed by atoms with Gasteiger partial charge in [0.2, 0.25) is 23.6 Å². The number of fused-ring (bicyclic) bond motifs is 4. The van der Waals surface area contributed by atoms with E-state index in [4.69, 9.17) is 29.4 Å². The number of nitrogens with one attached hydrogen (secondary N) is 4. The summed E-state index contributed by atoms with van der Waals surface area (Å²) in [4.78, 5) is 118. The van der Waals surface area contributed by atoms with Crippen LogP contribution in [0.1, 0.15) is 131 Å². The number of thioether (sulfide) groups is 1. The van der Waals surface area contributed by atoms with Gasteiger partial charge in [-0.05, 0) is 93.5 Å². The van der Waals surface area contributed by atoms with E-state index in [0.29, 0.717) is 111 Å². The number of likely N-dealkylation sites (tertiary alicyclic amines) is 1. The van der Waals surface area contributed by atoms with Crippen molar-refractivity contribution in [2.75, 3.05) is 63.8 Å². The van der Waals surface area contributed by atoms with Crippen LogP contribution in [-0.2, 0) is 30.5 Å². The highest BCUT2D eigenvalue weighted by atomic mass is 32.2. The van der Waals surface area contributed by atoms with Crippen molar-refractivity contribution in [2.24, 2.45) is 16.6 Å². The van der Waals surface area contributed by atoms with Crippen molar-refractivity contribution in [2.45, 2.75) is 157 Å². The Labute approximate surface area is 548 Å². The fraction of sp³-hybridized carbons (Fsp3) is 0.523. The van der Waals surface area contributed by atoms with Gasteiger partial charge in [-0.2, -0.15) is 11.8 Å². The number of urea groups is 1. The largest absolute Gasteiger partial charge is 0.493 e. The topological polar surface area (TPSA) is 323 Å². The van der Waals surface area contributed by atoms with Gasteiger partial charge in [0.1, 0.15) is 41.2 Å². The molecule has 5 aliphatic rings. The van der Waals surface area contributed by atoms with E-state index in [0.717, 1.165) is 10.5 Å². The molecule has 494 valence electrons. The van der Waals surface area contributed by atoms with Crippen molar-refractivity contribution in [1.82, 2.24) is 30.7 Å². The Bertz CT molecular complexity index is 3290. The summed E-state index contributed by atoms with van der Waals surface area (Å²) >= 11 is 4.21. The van der Waals surface area contributed by atoms with E-state index in [-0.39, 0.29) is 113 Å². The van der Waals surface area contributed by atoms with E-state index >= 15 is 0 Å². The quantitative estimate of drug-likeness (QED) is 0.0222. The van der Waals surface area contributed by atoms with Crippen molar-refractivity contribution in [3.63, 3.8) is 0 Å². The van der Waals surface area contributed by atoms with E-state index in [2.05, 4.69) is 55.7 Å². The van der Waals surface area contributed by atoms with Crippen LogP contribution in [0.3, 0.4) is 0 Å². The van der Waals surface area contributed by atoms with Crippen LogP contribution in [0.15, 0.2) is 77.8 Å². The van der Waals surface area contributed by atoms with Crippen molar-refractivity contribution >= 4 is 98.9 Å². The maximum Gasteiger partial charge on any atom is 0.416 e. The van der Waals surface area contributed by atoms with Crippen LogP contribution in [0, 0.1) is 5.92 Å². The van der Waals surface area contributed by atoms with Crippen LogP contribution in [0.2, 0.25) is 0 Å². The molecular weight excluding hydrogens is 1220 g/mol. The number of aliphatic imine (C=N–C) groups is 1. The smallest absolute Gasteiger partial charge is 0.416 e. The number of aliphatic hydroxyl groups excluding tert-OH is 2. The van der Waals surface area contributed by atoms with E-state index in [9.17, 15) is 48.6 Å². The number of ether oxygens (including phenoxy) is 5. The summed E-state index contributed by atoms with van der Waals surface area (Å²) in [6.45, 7) is 17.0. The average Bonchev–Trinajstić information content (AvgIpc) is 1.58. The molecule has 27 heteroatoms. The number of unbranched alkanes of at least 4 members (excludes halogenated alkanes) is 4. The Balaban J connectivity index is 0.850. The summed E-state index contributed by atoms with van der Waals surface area (Å²) in [5.41, 5.74) is 8.81. The molecule has 0 aromatic heterocycles. The minimum Gasteiger partial charge on any atom is -0.493 e. The van der Waals surface area contributed by atoms with Gasteiger partial charge < -0.3 is 75.6 Å². The SMILES string of the molecule is C=C1C[C@H]2C=Nc3cc(OCCCCCOc4cc5c(cc4OC)C(=O)N4CC(=C)C[C@H]4[C@H](O)N5C(=O)OCc4ccc(NC(=O)[C@H](CCCNC(N)=O)NC(=O)[C@@H](NC(=O)CCCCCN5C(=O)C(S[C](C)(C)[Al])CC5O)C(C)C)cc4)c(OC)cc3C(=O)N2C1. The predicted molar refractivity (Wildman–Crippen MR) is 347 cm³/mol. The molecule has 0 saturated carbocycles. The van der Waals surface area contributed by atoms with Gasteiger partial charge in [0.05, 0.1) is 67.3 Å². The van der Waals surface area contributed by atoms with Crippen molar-refractivity contribution in [1.29, 1.82) is 0 Å². The Morgan fingerprint density at radius 3 is 2.11 bits per heavy atom. The molecular formula is C65H85AlN10O15S. The zero-order valence-electron chi connectivity index (χ0n) is 53.2. The van der Waals surface area contributed by atoms with Crippen LogP contribution < -0.4 is 50.8 Å². The lowest BCUT2D eigenvalue weighted by Gasteiger charge is -2.31. The summed E-state index contributed by atoms with van der Waals surface area (Å²) < 4.78 is 29.3. The second-order valence-electron chi connectivity index (χ2n) is 24.6. The molecule has 7 atom stereocenters. The van der Waals surface area contributed by atoms with Crippen LogP contribution in [-0.4, -0.2) is 194 Å². The van der Waals surface area contributed by atoms with Crippen molar-refractivity contribution in [3.8, 4) is 23.0 Å². The Morgan fingerprint density at radius 1 is 0.804 bits per heavy atom. The highest BCUT2D eigenvalue weighted by Crippen LogP contribution is 2.43. The van der Waals surface area contributed by atoms with E-state index in [1.54, 1.807) is 61.4 Å². The standard InChI is InChI=1S/C65H85N10O15S.Al/c1-37(2)57(71-55(76)17-11-9-12-23-72-56(77)32-54(63(72)83)91-38(3)4)59(79)70-46(16-15-22-67-64(66)84)58(78)69-42-20-18-41(19-21-42)36-90-65(85)75-48-31-53(51(87-8)29-45(48)61(81)74-35-40(6)27-49(74)62(75)82)89-25-14-10-13-24-88-52-30-47-44(28-50(52)86-7)60(80)73-34-39(5)26-43(73)33-68-47;/h18-21,28-31,33,37,43,46,49,54,56-57,62,77,82H,5-6,9-17,22-27,32,34-36H2,1-4,7-8H3,(H,69,78)(H,70,79)(H,71,76)(H3,66,67,84);/t43-,46-,49-,54?,56?,57-,62-;/m0./s1. The molecule has 2 unspecified atom stereocenters. The number of benzene rings is 3. The molecule has 25 nitrogen and oxygen atoms in total. The molecule has 92 heavy (non-hydrogen) atoms. The number of primary amides is 1. The summed E-state index contributed by atoms with van der Waals surface area (Å²) in [6, 6.07) is 8.85. The lowest BCUT2D eigenvalue weighted by Crippen LogP contribution is -2.54. The molecule has 3 fully saturated rings. The van der Waals surface area contributed by atoms with Gasteiger partial charge >= 0.3 is 12.1 Å². The number of aliphatic hydroxyl groups is 2. The average molecular weight is 1310 g/mol. The third-order valence-electron chi connectivity index (χ3n) is 16.4. The molecule has 8 rings (SSSR count). The first-order valence-electron chi connectivity index (χ1n) is 31.2. The van der Waals surface area contributed by atoms with Crippen LogP contribution in [0.5, 0.6) is 23.0 Å². The molecule has 8 N–H and O–H groups in total. The van der Waals surface area contributed by atoms with Gasteiger partial charge in [-0.1, -0.05) is 74.2 Å². The number of amides is 9. The minimum absolute atomic E-state index is 0.0428. The van der Waals surface area contributed by atoms with Crippen molar-refractivity contribution < 1.29 is 72.3 Å². The fourth-order valence-corrected chi connectivity index (χ4v) is 13.4. The number of methoxy groups -OCH3 is 2. The highest BCUT2D eigenvalue weighted by Gasteiger charge is 2.47. The van der Waals surface area contributed by atoms with E-state index < -0.39 is 60.4 Å². The van der Waals surface area contributed by atoms with Crippen molar-refractivity contribution in [3.05, 3.63) is 89.5 Å². The van der Waals surface area contributed by atoms with Crippen LogP contribution in [0.25, 0.3) is 0 Å². The number of carbonyl (C=O) groups is 8. The zero-order valence-corrected chi connectivity index (χ0v) is 55.1. The first kappa shape index (κ1) is 70.0. The second-order valence-corrected chi connectivity index (χ2v) is 28.3. The zero-order chi connectivity index (χ0) is 66.6. The third-order valence-corrected chi connectivity index (χ3v) is 18.1. The Hall–Kier alpha value is -7.83. The Kier molecular flexibility index (Phi) is 24.1. The molecule has 0 spiro atoms. The number of hydrogen-bond donors (Lipinski definition) is 7. The van der Waals surface area contributed by atoms with Crippen LogP contribution >= 0.6 is 11.8 Å². The first-order chi connectivity index (χ1) is 43.8. The van der Waals surface area contributed by atoms with Gasteiger partial charge in [-0.25, -0.2) is 14.5 Å². The number of carbonyl (C=O) groups excluding carboxylic acids is 8. The number of nitrogens with zero attached hydrogens (tertiary/aromatic N) is 5. The van der Waals surface area contributed by atoms with E-state index in [1.165, 1.54) is 47.9 Å². The molecule has 0 bridgehead atoms. The third kappa shape index (κ3) is 17.8. The number of anilines is 2. The van der Waals surface area contributed by atoms with Crippen LogP contribution in [0.4, 0.5) is 26.7 Å². The Morgan fingerprint density at radius 2 is 1.45 bits per heavy atom. The maximum absolute atomic E-state index is 14.3. The molecule has 3 aromatic carbocycles. The first-order valence-corrected chi connectivity index (χ1v) is 32.6. The molecule has 3 saturated heterocycles. The fourth-order valence-electron chi connectivity index (χ4n) is 11.7. The summed E-state index contributed by atoms with van der Waals surface area (Å²) in [6.07, 6.45) is 3.65. The van der Waals surface area contributed by atoms with Gasteiger partial charge in [-0.3, -0.25) is 33.8 Å². The molecule has 3 aromatic rings. The number of nitrogens with two attached hydrogens (primary N) is 1. The number of hydrogen-bond acceptors (Lipinski definition) is 17. The molecule has 0 aliphatic carbocycles. The van der Waals surface area contributed by atoms with Gasteiger partial charge in [0, 0.05) is 63.1 Å². The molecule has 5 heterocycles. The minimum atomic E-state index is -1.56. The van der Waals surface area contributed by atoms with E-state index in [1.807, 2.05) is 13.8 Å².